The van der Waals surface area contributed by atoms with Gasteiger partial charge in [-0.15, -0.1) is 0 Å². The van der Waals surface area contributed by atoms with Gasteiger partial charge in [0, 0.05) is 26.6 Å². The van der Waals surface area contributed by atoms with Crippen LogP contribution in [0.1, 0.15) is 42.8 Å². The summed E-state index contributed by atoms with van der Waals surface area (Å²) in [5, 5.41) is 13.4. The van der Waals surface area contributed by atoms with Crippen LogP contribution in [0.25, 0.3) is 0 Å². The van der Waals surface area contributed by atoms with Gasteiger partial charge in [0.25, 0.3) is 0 Å². The second kappa shape index (κ2) is 7.37. The molecule has 1 aromatic carbocycles. The average molecular weight is 315 g/mol. The molecule has 6 nitrogen and oxygen atoms in total. The molecule has 6 heteroatoms. The van der Waals surface area contributed by atoms with E-state index in [1.165, 1.54) is 0 Å². The number of aromatic nitrogens is 3. The van der Waals surface area contributed by atoms with Crippen molar-refractivity contribution in [2.45, 2.75) is 32.8 Å². The normalized spacial score (nSPS) is 12.3. The molecule has 124 valence electrons. The third-order valence-electron chi connectivity index (χ3n) is 3.44. The highest BCUT2D eigenvalue weighted by Crippen LogP contribution is 2.17. The van der Waals surface area contributed by atoms with Gasteiger partial charge in [0.1, 0.15) is 5.82 Å². The lowest BCUT2D eigenvalue weighted by Crippen LogP contribution is -2.19. The highest BCUT2D eigenvalue weighted by atomic mass is 16.3. The van der Waals surface area contributed by atoms with Gasteiger partial charge in [-0.2, -0.15) is 15.0 Å². The first-order valence-electron chi connectivity index (χ1n) is 7.78. The number of benzene rings is 1. The van der Waals surface area contributed by atoms with Gasteiger partial charge < -0.3 is 15.3 Å². The Labute approximate surface area is 137 Å². The van der Waals surface area contributed by atoms with Gasteiger partial charge >= 0.3 is 0 Å². The van der Waals surface area contributed by atoms with Crippen LogP contribution in [0, 0.1) is 6.92 Å². The first kappa shape index (κ1) is 17.1. The molecule has 0 bridgehead atoms. The van der Waals surface area contributed by atoms with Crippen LogP contribution in [-0.2, 0) is 0 Å². The third kappa shape index (κ3) is 4.63. The van der Waals surface area contributed by atoms with Crippen LogP contribution >= 0.6 is 0 Å². The lowest BCUT2D eigenvalue weighted by molar-refractivity contribution is 0.191. The molecule has 0 spiro atoms. The van der Waals surface area contributed by atoms with Gasteiger partial charge in [-0.05, 0) is 12.5 Å². The molecule has 23 heavy (non-hydrogen) atoms. The second-order valence-corrected chi connectivity index (χ2v) is 6.18. The summed E-state index contributed by atoms with van der Waals surface area (Å²) in [6.07, 6.45) is -0.614. The van der Waals surface area contributed by atoms with Gasteiger partial charge in [0.05, 0.1) is 6.10 Å². The van der Waals surface area contributed by atoms with Gasteiger partial charge in [-0.1, -0.05) is 43.7 Å². The molecule has 0 aliphatic carbocycles. The maximum Gasteiger partial charge on any atom is 0.229 e. The fourth-order valence-electron chi connectivity index (χ4n) is 2.10. The molecule has 1 atom stereocenters. The first-order valence-corrected chi connectivity index (χ1v) is 7.78. The summed E-state index contributed by atoms with van der Waals surface area (Å²) >= 11 is 0. The largest absolute Gasteiger partial charge is 0.387 e. The molecule has 1 unspecified atom stereocenters. The summed E-state index contributed by atoms with van der Waals surface area (Å²) < 4.78 is 0. The minimum atomic E-state index is -0.614. The van der Waals surface area contributed by atoms with E-state index in [-0.39, 0.29) is 5.92 Å². The number of aliphatic hydroxyl groups is 1. The lowest BCUT2D eigenvalue weighted by atomic mass is 10.1. The standard InChI is InChI=1S/C17H25N5O/c1-11(2)15-19-16(21-17(20-15)22(4)5)18-10-14(23)13-8-6-7-12(3)9-13/h6-9,11,14,23H,10H2,1-5H3,(H,18,19,20,21). The van der Waals surface area contributed by atoms with E-state index in [4.69, 9.17) is 0 Å². The summed E-state index contributed by atoms with van der Waals surface area (Å²) in [6.45, 7) is 6.44. The van der Waals surface area contributed by atoms with E-state index in [9.17, 15) is 5.11 Å². The summed E-state index contributed by atoms with van der Waals surface area (Å²) in [7, 11) is 3.79. The summed E-state index contributed by atoms with van der Waals surface area (Å²) in [5.41, 5.74) is 2.00. The minimum absolute atomic E-state index is 0.207. The molecule has 0 aliphatic rings. The lowest BCUT2D eigenvalue weighted by Gasteiger charge is -2.16. The zero-order valence-corrected chi connectivity index (χ0v) is 14.4. The van der Waals surface area contributed by atoms with E-state index >= 15 is 0 Å². The predicted octanol–water partition coefficient (Wildman–Crippen LogP) is 2.51. The molecule has 1 aromatic heterocycles. The molecular weight excluding hydrogens is 290 g/mol. The fourth-order valence-corrected chi connectivity index (χ4v) is 2.10. The van der Waals surface area contributed by atoms with Crippen molar-refractivity contribution in [2.75, 3.05) is 30.9 Å². The number of hydrogen-bond acceptors (Lipinski definition) is 6. The SMILES string of the molecule is Cc1cccc(C(O)CNc2nc(C(C)C)nc(N(C)C)n2)c1. The molecule has 2 N–H and O–H groups in total. The number of rotatable bonds is 6. The second-order valence-electron chi connectivity index (χ2n) is 6.18. The zero-order chi connectivity index (χ0) is 17.0. The molecule has 1 heterocycles. The van der Waals surface area contributed by atoms with Crippen LogP contribution in [0.4, 0.5) is 11.9 Å². The minimum Gasteiger partial charge on any atom is -0.387 e. The Kier molecular flexibility index (Phi) is 5.50. The molecular formula is C17H25N5O. The fraction of sp³-hybridized carbons (Fsp3) is 0.471. The Morgan fingerprint density at radius 1 is 1.17 bits per heavy atom. The van der Waals surface area contributed by atoms with Crippen LogP contribution in [0.15, 0.2) is 24.3 Å². The van der Waals surface area contributed by atoms with E-state index in [0.717, 1.165) is 17.0 Å². The van der Waals surface area contributed by atoms with Crippen LogP contribution in [0.5, 0.6) is 0 Å². The zero-order valence-electron chi connectivity index (χ0n) is 14.4. The Bertz CT molecular complexity index is 631. The third-order valence-corrected chi connectivity index (χ3v) is 3.44. The Morgan fingerprint density at radius 3 is 2.52 bits per heavy atom. The van der Waals surface area contributed by atoms with Gasteiger partial charge in [0.2, 0.25) is 11.9 Å². The Morgan fingerprint density at radius 2 is 1.91 bits per heavy atom. The van der Waals surface area contributed by atoms with Crippen molar-refractivity contribution < 1.29 is 5.11 Å². The number of aryl methyl sites for hydroxylation is 1. The number of aliphatic hydroxyl groups excluding tert-OH is 1. The molecule has 0 aliphatic heterocycles. The molecule has 2 aromatic rings. The van der Waals surface area contributed by atoms with Crippen molar-refractivity contribution in [3.63, 3.8) is 0 Å². The van der Waals surface area contributed by atoms with Crippen molar-refractivity contribution in [3.05, 3.63) is 41.2 Å². The maximum absolute atomic E-state index is 10.3. The molecule has 0 amide bonds. The molecule has 0 saturated heterocycles. The highest BCUT2D eigenvalue weighted by molar-refractivity contribution is 5.36. The summed E-state index contributed by atoms with van der Waals surface area (Å²) in [4.78, 5) is 15.1. The molecule has 0 radical (unpaired) electrons. The molecule has 0 saturated carbocycles. The van der Waals surface area contributed by atoms with Crippen molar-refractivity contribution in [2.24, 2.45) is 0 Å². The van der Waals surface area contributed by atoms with Crippen LogP contribution in [0.2, 0.25) is 0 Å². The van der Waals surface area contributed by atoms with E-state index in [1.807, 2.05) is 64.0 Å². The highest BCUT2D eigenvalue weighted by Gasteiger charge is 2.13. The van der Waals surface area contributed by atoms with Crippen LogP contribution in [-0.4, -0.2) is 40.7 Å². The Balaban J connectivity index is 2.13. The van der Waals surface area contributed by atoms with Crippen LogP contribution < -0.4 is 10.2 Å². The average Bonchev–Trinajstić information content (AvgIpc) is 2.52. The number of nitrogens with one attached hydrogen (secondary N) is 1. The van der Waals surface area contributed by atoms with Gasteiger partial charge in [-0.3, -0.25) is 0 Å². The topological polar surface area (TPSA) is 74.2 Å². The number of hydrogen-bond donors (Lipinski definition) is 2. The number of nitrogens with zero attached hydrogens (tertiary/aromatic N) is 4. The summed E-state index contributed by atoms with van der Waals surface area (Å²) in [5.74, 6) is 2.03. The predicted molar refractivity (Wildman–Crippen MR) is 92.9 cm³/mol. The Hall–Kier alpha value is -2.21. The van der Waals surface area contributed by atoms with Crippen molar-refractivity contribution in [1.82, 2.24) is 15.0 Å². The van der Waals surface area contributed by atoms with E-state index in [0.29, 0.717) is 18.4 Å². The maximum atomic E-state index is 10.3. The first-order chi connectivity index (χ1) is 10.9. The van der Waals surface area contributed by atoms with E-state index < -0.39 is 6.10 Å². The van der Waals surface area contributed by atoms with Crippen molar-refractivity contribution >= 4 is 11.9 Å². The molecule has 2 rings (SSSR count). The quantitative estimate of drug-likeness (QED) is 0.853. The summed E-state index contributed by atoms with van der Waals surface area (Å²) in [6, 6.07) is 7.84. The van der Waals surface area contributed by atoms with Crippen molar-refractivity contribution in [3.8, 4) is 0 Å². The van der Waals surface area contributed by atoms with E-state index in [2.05, 4.69) is 20.3 Å². The smallest absolute Gasteiger partial charge is 0.229 e. The van der Waals surface area contributed by atoms with Crippen molar-refractivity contribution in [1.29, 1.82) is 0 Å². The van der Waals surface area contributed by atoms with E-state index in [1.54, 1.807) is 0 Å². The monoisotopic (exact) mass is 315 g/mol. The van der Waals surface area contributed by atoms with Crippen LogP contribution in [0.3, 0.4) is 0 Å². The molecule has 0 fully saturated rings. The number of anilines is 2. The van der Waals surface area contributed by atoms with Gasteiger partial charge in [0.15, 0.2) is 0 Å². The van der Waals surface area contributed by atoms with Gasteiger partial charge in [-0.25, -0.2) is 0 Å².